The number of hydrogen-bond donors (Lipinski definition) is 4. The van der Waals surface area contributed by atoms with Gasteiger partial charge in [0.1, 0.15) is 23.1 Å². The quantitative estimate of drug-likeness (QED) is 0.267. The van der Waals surface area contributed by atoms with Crippen LogP contribution in [-0.2, 0) is 11.2 Å². The molecule has 0 fully saturated rings. The number of primary amides is 1. The Morgan fingerprint density at radius 3 is 2.24 bits per heavy atom. The summed E-state index contributed by atoms with van der Waals surface area (Å²) in [5, 5.41) is 14.9. The number of carboxylic acids is 1. The average molecular weight is 637 g/mol. The monoisotopic (exact) mass is 636 g/mol. The lowest BCUT2D eigenvalue weighted by Crippen LogP contribution is -2.47. The number of nitrogens with two attached hydrogens (primary N) is 1. The molecule has 240 valence electrons. The third-order valence-electron chi connectivity index (χ3n) is 6.75. The van der Waals surface area contributed by atoms with E-state index in [0.717, 1.165) is 18.2 Å². The van der Waals surface area contributed by atoms with Gasteiger partial charge in [-0.1, -0.05) is 24.3 Å². The first kappa shape index (κ1) is 33.4. The predicted octanol–water partition coefficient (Wildman–Crippen LogP) is 4.67. The van der Waals surface area contributed by atoms with Crippen molar-refractivity contribution in [2.45, 2.75) is 44.9 Å². The number of nitrogens with one attached hydrogen (secondary N) is 2. The van der Waals surface area contributed by atoms with E-state index in [1.807, 2.05) is 0 Å². The molecule has 0 saturated heterocycles. The normalized spacial score (nSPS) is 15.2. The van der Waals surface area contributed by atoms with Crippen molar-refractivity contribution in [3.05, 3.63) is 112 Å². The number of amides is 3. The lowest BCUT2D eigenvalue weighted by Gasteiger charge is -2.29. The Balaban J connectivity index is 1.79. The number of aromatic carboxylic acids is 1. The minimum atomic E-state index is -1.30. The van der Waals surface area contributed by atoms with E-state index in [-0.39, 0.29) is 46.5 Å². The van der Waals surface area contributed by atoms with Gasteiger partial charge in [0, 0.05) is 11.6 Å². The summed E-state index contributed by atoms with van der Waals surface area (Å²) in [5.74, 6) is -5.65. The van der Waals surface area contributed by atoms with Gasteiger partial charge in [0.15, 0.2) is 0 Å². The van der Waals surface area contributed by atoms with Crippen LogP contribution < -0.4 is 16.4 Å². The highest BCUT2D eigenvalue weighted by atomic mass is 19.1. The van der Waals surface area contributed by atoms with Gasteiger partial charge in [-0.3, -0.25) is 14.6 Å². The van der Waals surface area contributed by atoms with E-state index in [2.05, 4.69) is 15.6 Å². The molecule has 3 aromatic carbocycles. The number of halogens is 3. The fourth-order valence-electron chi connectivity index (χ4n) is 4.88. The summed E-state index contributed by atoms with van der Waals surface area (Å²) >= 11 is 0. The highest BCUT2D eigenvalue weighted by Crippen LogP contribution is 2.27. The van der Waals surface area contributed by atoms with Gasteiger partial charge < -0.3 is 26.2 Å². The van der Waals surface area contributed by atoms with E-state index in [0.29, 0.717) is 6.07 Å². The largest absolute Gasteiger partial charge is 0.478 e. The minimum Gasteiger partial charge on any atom is -0.478 e. The van der Waals surface area contributed by atoms with Gasteiger partial charge in [0.25, 0.3) is 11.8 Å². The fraction of sp³-hybridized carbons (Fsp3) is 0.242. The van der Waals surface area contributed by atoms with Crippen LogP contribution >= 0.6 is 0 Å². The van der Waals surface area contributed by atoms with E-state index < -0.39 is 64.6 Å². The second-order valence-electron chi connectivity index (χ2n) is 11.5. The molecule has 0 spiro atoms. The molecule has 3 aromatic rings. The summed E-state index contributed by atoms with van der Waals surface area (Å²) in [6.07, 6.45) is 0.503. The number of carbonyl (C=O) groups is 4. The van der Waals surface area contributed by atoms with Gasteiger partial charge in [0.2, 0.25) is 0 Å². The lowest BCUT2D eigenvalue weighted by atomic mass is 9.88. The molecule has 4 rings (SSSR count). The SMILES string of the molecule is CC(C)(C)OC(=O)NC(Cc1cc(F)cc(F)c1)C1=NCC(NC(=O)c2ccccc2C(=O)O)C=C1c1ccc(F)c(C(N)=O)c1. The molecule has 0 bridgehead atoms. The highest BCUT2D eigenvalue weighted by molar-refractivity contribution is 6.27. The Kier molecular flexibility index (Phi) is 9.94. The number of aliphatic imine (C=N–C) groups is 1. The molecule has 2 unspecified atom stereocenters. The van der Waals surface area contributed by atoms with E-state index in [1.165, 1.54) is 42.5 Å². The summed E-state index contributed by atoms with van der Waals surface area (Å²) in [6.45, 7) is 4.83. The molecule has 0 saturated carbocycles. The standard InChI is InChI=1S/C33H31F3N4O6/c1-33(2,3)46-32(45)40-27(12-17-10-19(34)14-20(35)11-17)28-24(18-8-9-26(36)25(13-18)29(37)41)15-21(16-38-28)39-30(42)22-6-4-5-7-23(22)31(43)44/h4-11,13-15,21,27H,12,16H2,1-3H3,(H2,37,41)(H,39,42)(H,40,45)(H,43,44). The van der Waals surface area contributed by atoms with Crippen molar-refractivity contribution in [1.29, 1.82) is 0 Å². The lowest BCUT2D eigenvalue weighted by molar-refractivity contribution is 0.0517. The molecule has 1 aliphatic heterocycles. The molecule has 3 amide bonds. The van der Waals surface area contributed by atoms with Gasteiger partial charge >= 0.3 is 12.1 Å². The fourth-order valence-corrected chi connectivity index (χ4v) is 4.88. The van der Waals surface area contributed by atoms with Crippen LogP contribution in [0.4, 0.5) is 18.0 Å². The summed E-state index contributed by atoms with van der Waals surface area (Å²) in [4.78, 5) is 54.4. The number of carboxylic acid groups (broad SMARTS) is 1. The van der Waals surface area contributed by atoms with Crippen LogP contribution in [0.2, 0.25) is 0 Å². The minimum absolute atomic E-state index is 0.102. The Morgan fingerprint density at radius 2 is 1.63 bits per heavy atom. The van der Waals surface area contributed by atoms with Gasteiger partial charge in [-0.25, -0.2) is 22.8 Å². The second-order valence-corrected chi connectivity index (χ2v) is 11.5. The number of ether oxygens (including phenoxy) is 1. The van der Waals surface area contributed by atoms with Crippen molar-refractivity contribution in [1.82, 2.24) is 10.6 Å². The topological polar surface area (TPSA) is 160 Å². The number of alkyl carbamates (subject to hydrolysis) is 1. The molecule has 0 aromatic heterocycles. The maximum Gasteiger partial charge on any atom is 0.408 e. The van der Waals surface area contributed by atoms with Crippen molar-refractivity contribution in [2.24, 2.45) is 10.7 Å². The van der Waals surface area contributed by atoms with Crippen molar-refractivity contribution in [3.8, 4) is 0 Å². The zero-order chi connectivity index (χ0) is 33.8. The summed E-state index contributed by atoms with van der Waals surface area (Å²) in [6, 6.07) is 10.1. The van der Waals surface area contributed by atoms with Gasteiger partial charge in [-0.05, 0) is 74.7 Å². The van der Waals surface area contributed by atoms with Crippen LogP contribution in [0.1, 0.15) is 63.0 Å². The van der Waals surface area contributed by atoms with Crippen LogP contribution in [0.15, 0.2) is 71.7 Å². The van der Waals surface area contributed by atoms with Crippen molar-refractivity contribution in [2.75, 3.05) is 6.54 Å². The summed E-state index contributed by atoms with van der Waals surface area (Å²) in [5.41, 5.74) is 4.49. The van der Waals surface area contributed by atoms with Crippen LogP contribution in [-0.4, -0.2) is 58.9 Å². The molecule has 13 heteroatoms. The number of nitrogens with zero attached hydrogens (tertiary/aromatic N) is 1. The zero-order valence-corrected chi connectivity index (χ0v) is 25.1. The van der Waals surface area contributed by atoms with Crippen LogP contribution in [0.5, 0.6) is 0 Å². The summed E-state index contributed by atoms with van der Waals surface area (Å²) < 4.78 is 48.2. The molecule has 1 aliphatic rings. The molecular weight excluding hydrogens is 605 g/mol. The van der Waals surface area contributed by atoms with Gasteiger partial charge in [-0.2, -0.15) is 0 Å². The van der Waals surface area contributed by atoms with E-state index in [1.54, 1.807) is 20.8 Å². The van der Waals surface area contributed by atoms with E-state index in [9.17, 15) is 37.5 Å². The van der Waals surface area contributed by atoms with Crippen molar-refractivity contribution < 1.29 is 42.2 Å². The smallest absolute Gasteiger partial charge is 0.408 e. The first-order chi connectivity index (χ1) is 21.6. The first-order valence-corrected chi connectivity index (χ1v) is 14.0. The third kappa shape index (κ3) is 8.37. The van der Waals surface area contributed by atoms with Crippen LogP contribution in [0.25, 0.3) is 5.57 Å². The maximum atomic E-state index is 14.5. The first-order valence-electron chi connectivity index (χ1n) is 14.0. The molecule has 2 atom stereocenters. The number of dihydropyridines is 1. The molecule has 46 heavy (non-hydrogen) atoms. The Hall–Kier alpha value is -5.46. The van der Waals surface area contributed by atoms with E-state index >= 15 is 0 Å². The summed E-state index contributed by atoms with van der Waals surface area (Å²) in [7, 11) is 0. The number of hydrogen-bond acceptors (Lipinski definition) is 6. The van der Waals surface area contributed by atoms with Crippen LogP contribution in [0.3, 0.4) is 0 Å². The predicted molar refractivity (Wildman–Crippen MR) is 163 cm³/mol. The second kappa shape index (κ2) is 13.7. The molecule has 0 aliphatic carbocycles. The van der Waals surface area contributed by atoms with E-state index in [4.69, 9.17) is 10.5 Å². The molecule has 10 nitrogen and oxygen atoms in total. The number of rotatable bonds is 9. The number of benzene rings is 3. The van der Waals surface area contributed by atoms with Crippen molar-refractivity contribution in [3.63, 3.8) is 0 Å². The van der Waals surface area contributed by atoms with Crippen LogP contribution in [0, 0.1) is 17.5 Å². The Bertz CT molecular complexity index is 1750. The average Bonchev–Trinajstić information content (AvgIpc) is 2.95. The number of carbonyl (C=O) groups excluding carboxylic acids is 3. The third-order valence-corrected chi connectivity index (χ3v) is 6.75. The Morgan fingerprint density at radius 1 is 0.978 bits per heavy atom. The Labute approximate surface area is 262 Å². The van der Waals surface area contributed by atoms with Crippen molar-refractivity contribution >= 4 is 35.2 Å². The maximum absolute atomic E-state index is 14.5. The molecule has 1 heterocycles. The highest BCUT2D eigenvalue weighted by Gasteiger charge is 2.30. The molecular formula is C33H31F3N4O6. The molecule has 0 radical (unpaired) electrons. The van der Waals surface area contributed by atoms with Gasteiger partial charge in [0.05, 0.1) is 41.0 Å². The van der Waals surface area contributed by atoms with Gasteiger partial charge in [-0.15, -0.1) is 0 Å². The zero-order valence-electron chi connectivity index (χ0n) is 25.1. The molecule has 5 N–H and O–H groups in total.